The minimum atomic E-state index is 0.949. The van der Waals surface area contributed by atoms with Crippen LogP contribution in [-0.4, -0.2) is 9.97 Å². The predicted molar refractivity (Wildman–Crippen MR) is 41.4 cm³/mol. The van der Waals surface area contributed by atoms with Crippen LogP contribution in [-0.2, 0) is 0 Å². The van der Waals surface area contributed by atoms with Gasteiger partial charge in [-0.05, 0) is 19.4 Å². The van der Waals surface area contributed by atoms with Crippen LogP contribution in [0.4, 0.5) is 0 Å². The van der Waals surface area contributed by atoms with Crippen molar-refractivity contribution < 1.29 is 0 Å². The topological polar surface area (TPSA) is 25.8 Å². The van der Waals surface area contributed by atoms with Crippen LogP contribution >= 0.6 is 0 Å². The van der Waals surface area contributed by atoms with Gasteiger partial charge >= 0.3 is 0 Å². The molecule has 0 aromatic carbocycles. The van der Waals surface area contributed by atoms with Gasteiger partial charge in [-0.2, -0.15) is 0 Å². The molecule has 52 valence electrons. The number of hydrogen-bond acceptors (Lipinski definition) is 2. The molecule has 0 amide bonds. The highest BCUT2D eigenvalue weighted by Crippen LogP contribution is 2.06. The van der Waals surface area contributed by atoms with Crippen LogP contribution in [0, 0.1) is 0 Å². The normalized spacial score (nSPS) is 11.6. The smallest absolute Gasteiger partial charge is 0.0838 e. The number of aromatic nitrogens is 2. The summed E-state index contributed by atoms with van der Waals surface area (Å²) in [6.07, 6.45) is 7.15. The molecule has 2 nitrogen and oxygen atoms in total. The standard InChI is InChI=1S/C8H10N2/c1-3-7(2)8-6-9-4-5-10-8/h3-6H,1-2H3/b7-3-. The van der Waals surface area contributed by atoms with Crippen LogP contribution in [0.2, 0.25) is 0 Å². The zero-order chi connectivity index (χ0) is 7.40. The molecule has 1 heterocycles. The third kappa shape index (κ3) is 1.41. The van der Waals surface area contributed by atoms with Gasteiger partial charge in [0, 0.05) is 12.4 Å². The molecule has 1 rings (SSSR count). The van der Waals surface area contributed by atoms with Crippen molar-refractivity contribution in [3.63, 3.8) is 0 Å². The van der Waals surface area contributed by atoms with Crippen molar-refractivity contribution in [2.45, 2.75) is 13.8 Å². The molecule has 0 atom stereocenters. The van der Waals surface area contributed by atoms with Crippen molar-refractivity contribution >= 4 is 5.57 Å². The van der Waals surface area contributed by atoms with E-state index in [1.807, 2.05) is 19.9 Å². The van der Waals surface area contributed by atoms with Gasteiger partial charge in [0.25, 0.3) is 0 Å². The van der Waals surface area contributed by atoms with E-state index in [1.54, 1.807) is 18.6 Å². The SMILES string of the molecule is C/C=C(/C)c1cnccn1. The van der Waals surface area contributed by atoms with Gasteiger partial charge in [0.1, 0.15) is 0 Å². The summed E-state index contributed by atoms with van der Waals surface area (Å²) in [6, 6.07) is 0. The van der Waals surface area contributed by atoms with Crippen LogP contribution in [0.15, 0.2) is 24.7 Å². The summed E-state index contributed by atoms with van der Waals surface area (Å²) >= 11 is 0. The van der Waals surface area contributed by atoms with Gasteiger partial charge in [0.15, 0.2) is 0 Å². The van der Waals surface area contributed by atoms with Crippen molar-refractivity contribution in [3.8, 4) is 0 Å². The summed E-state index contributed by atoms with van der Waals surface area (Å²) in [5.41, 5.74) is 2.11. The van der Waals surface area contributed by atoms with Crippen molar-refractivity contribution in [3.05, 3.63) is 30.4 Å². The Balaban J connectivity index is 2.96. The van der Waals surface area contributed by atoms with Crippen LogP contribution in [0.3, 0.4) is 0 Å². The van der Waals surface area contributed by atoms with E-state index >= 15 is 0 Å². The van der Waals surface area contributed by atoms with E-state index in [4.69, 9.17) is 0 Å². The first-order chi connectivity index (χ1) is 4.84. The van der Waals surface area contributed by atoms with Crippen molar-refractivity contribution in [1.29, 1.82) is 0 Å². The summed E-state index contributed by atoms with van der Waals surface area (Å²) in [7, 11) is 0. The summed E-state index contributed by atoms with van der Waals surface area (Å²) in [5, 5.41) is 0. The quantitative estimate of drug-likeness (QED) is 0.586. The van der Waals surface area contributed by atoms with E-state index in [0.29, 0.717) is 0 Å². The summed E-state index contributed by atoms with van der Waals surface area (Å²) < 4.78 is 0. The Morgan fingerprint density at radius 3 is 2.80 bits per heavy atom. The summed E-state index contributed by atoms with van der Waals surface area (Å²) in [5.74, 6) is 0. The van der Waals surface area contributed by atoms with Crippen LogP contribution in [0.5, 0.6) is 0 Å². The molecule has 0 unspecified atom stereocenters. The first kappa shape index (κ1) is 6.93. The van der Waals surface area contributed by atoms with Gasteiger partial charge in [-0.15, -0.1) is 0 Å². The molecular formula is C8H10N2. The summed E-state index contributed by atoms with van der Waals surface area (Å²) in [4.78, 5) is 8.07. The van der Waals surface area contributed by atoms with Crippen molar-refractivity contribution in [1.82, 2.24) is 9.97 Å². The molecule has 2 heteroatoms. The number of allylic oxidation sites excluding steroid dienone is 2. The highest BCUT2D eigenvalue weighted by molar-refractivity contribution is 5.58. The zero-order valence-corrected chi connectivity index (χ0v) is 6.20. The molecule has 0 saturated heterocycles. The molecule has 0 aliphatic carbocycles. The molecule has 0 saturated carbocycles. The molecular weight excluding hydrogens is 124 g/mol. The predicted octanol–water partition coefficient (Wildman–Crippen LogP) is 1.90. The third-order valence-corrected chi connectivity index (χ3v) is 1.40. The molecule has 1 aromatic heterocycles. The number of hydrogen-bond donors (Lipinski definition) is 0. The fourth-order valence-corrected chi connectivity index (χ4v) is 0.651. The average Bonchev–Trinajstić information content (AvgIpc) is 2.05. The Morgan fingerprint density at radius 2 is 2.30 bits per heavy atom. The highest BCUT2D eigenvalue weighted by Gasteiger charge is 1.91. The lowest BCUT2D eigenvalue weighted by Gasteiger charge is -1.95. The second kappa shape index (κ2) is 3.11. The van der Waals surface area contributed by atoms with Gasteiger partial charge in [-0.25, -0.2) is 0 Å². The zero-order valence-electron chi connectivity index (χ0n) is 6.20. The maximum Gasteiger partial charge on any atom is 0.0838 e. The number of rotatable bonds is 1. The molecule has 0 fully saturated rings. The van der Waals surface area contributed by atoms with Gasteiger partial charge in [0.05, 0.1) is 11.9 Å². The molecule has 0 aliphatic heterocycles. The Kier molecular flexibility index (Phi) is 2.15. The van der Waals surface area contributed by atoms with Gasteiger partial charge < -0.3 is 0 Å². The average molecular weight is 134 g/mol. The Bertz CT molecular complexity index is 226. The maximum absolute atomic E-state index is 4.12. The first-order valence-corrected chi connectivity index (χ1v) is 3.24. The van der Waals surface area contributed by atoms with Gasteiger partial charge in [-0.3, -0.25) is 9.97 Å². The van der Waals surface area contributed by atoms with Crippen molar-refractivity contribution in [2.75, 3.05) is 0 Å². The summed E-state index contributed by atoms with van der Waals surface area (Å²) in [6.45, 7) is 4.01. The molecule has 0 aliphatic rings. The lowest BCUT2D eigenvalue weighted by molar-refractivity contribution is 1.16. The molecule has 1 aromatic rings. The van der Waals surface area contributed by atoms with E-state index < -0.39 is 0 Å². The second-order valence-corrected chi connectivity index (χ2v) is 2.06. The minimum absolute atomic E-state index is 0.949. The van der Waals surface area contributed by atoms with Crippen molar-refractivity contribution in [2.24, 2.45) is 0 Å². The van der Waals surface area contributed by atoms with E-state index in [1.165, 1.54) is 0 Å². The molecule has 0 N–H and O–H groups in total. The van der Waals surface area contributed by atoms with E-state index in [0.717, 1.165) is 11.3 Å². The lowest BCUT2D eigenvalue weighted by atomic mass is 10.2. The fourth-order valence-electron chi connectivity index (χ4n) is 0.651. The third-order valence-electron chi connectivity index (χ3n) is 1.40. The highest BCUT2D eigenvalue weighted by atomic mass is 14.8. The second-order valence-electron chi connectivity index (χ2n) is 2.06. The Morgan fingerprint density at radius 1 is 1.50 bits per heavy atom. The fraction of sp³-hybridized carbons (Fsp3) is 0.250. The van der Waals surface area contributed by atoms with E-state index in [9.17, 15) is 0 Å². The monoisotopic (exact) mass is 134 g/mol. The Hall–Kier alpha value is -1.18. The van der Waals surface area contributed by atoms with Crippen LogP contribution in [0.25, 0.3) is 5.57 Å². The van der Waals surface area contributed by atoms with Gasteiger partial charge in [0.2, 0.25) is 0 Å². The molecule has 0 bridgehead atoms. The lowest BCUT2D eigenvalue weighted by Crippen LogP contribution is -1.84. The largest absolute Gasteiger partial charge is 0.261 e. The van der Waals surface area contributed by atoms with Gasteiger partial charge in [-0.1, -0.05) is 6.08 Å². The van der Waals surface area contributed by atoms with E-state index in [2.05, 4.69) is 9.97 Å². The van der Waals surface area contributed by atoms with Crippen LogP contribution < -0.4 is 0 Å². The van der Waals surface area contributed by atoms with Crippen LogP contribution in [0.1, 0.15) is 19.5 Å². The number of nitrogens with zero attached hydrogens (tertiary/aromatic N) is 2. The molecule has 0 spiro atoms. The molecule has 0 radical (unpaired) electrons. The first-order valence-electron chi connectivity index (χ1n) is 3.24. The minimum Gasteiger partial charge on any atom is -0.261 e. The maximum atomic E-state index is 4.12. The molecule has 10 heavy (non-hydrogen) atoms. The van der Waals surface area contributed by atoms with E-state index in [-0.39, 0.29) is 0 Å². The Labute approximate surface area is 60.6 Å².